The molecular formula is C13H12N6O. The lowest BCUT2D eigenvalue weighted by atomic mass is 10.3. The molecule has 20 heavy (non-hydrogen) atoms. The monoisotopic (exact) mass is 268 g/mol. The van der Waals surface area contributed by atoms with Crippen LogP contribution in [-0.4, -0.2) is 25.8 Å². The van der Waals surface area contributed by atoms with Crippen LogP contribution in [0, 0.1) is 0 Å². The minimum absolute atomic E-state index is 0.373. The molecule has 3 rings (SSSR count). The van der Waals surface area contributed by atoms with Gasteiger partial charge in [0, 0.05) is 25.1 Å². The first-order valence-corrected chi connectivity index (χ1v) is 6.01. The first kappa shape index (κ1) is 12.1. The molecule has 0 atom stereocenters. The van der Waals surface area contributed by atoms with Crippen LogP contribution in [-0.2, 0) is 7.05 Å². The number of aromatic nitrogens is 4. The molecule has 0 unspecified atom stereocenters. The number of carbonyl (C=O) groups is 1. The normalized spacial score (nSPS) is 10.4. The van der Waals surface area contributed by atoms with Gasteiger partial charge in [0.1, 0.15) is 0 Å². The molecule has 7 nitrogen and oxygen atoms in total. The van der Waals surface area contributed by atoms with Gasteiger partial charge in [-0.25, -0.2) is 19.4 Å². The molecule has 2 aromatic heterocycles. The Bertz CT molecular complexity index is 752. The summed E-state index contributed by atoms with van der Waals surface area (Å²) in [5, 5.41) is 9.58. The van der Waals surface area contributed by atoms with E-state index in [1.54, 1.807) is 36.3 Å². The summed E-state index contributed by atoms with van der Waals surface area (Å²) in [6, 6.07) is 8.80. The van der Waals surface area contributed by atoms with Crippen LogP contribution in [0.2, 0.25) is 0 Å². The van der Waals surface area contributed by atoms with Crippen LogP contribution in [0.3, 0.4) is 0 Å². The highest BCUT2D eigenvalue weighted by molar-refractivity contribution is 6.03. The second kappa shape index (κ2) is 4.96. The summed E-state index contributed by atoms with van der Waals surface area (Å²) in [5.74, 6) is 0.379. The third kappa shape index (κ3) is 2.28. The fourth-order valence-corrected chi connectivity index (χ4v) is 1.85. The highest BCUT2D eigenvalue weighted by atomic mass is 16.2. The summed E-state index contributed by atoms with van der Waals surface area (Å²) in [7, 11) is 1.75. The predicted molar refractivity (Wildman–Crippen MR) is 75.4 cm³/mol. The lowest BCUT2D eigenvalue weighted by molar-refractivity contribution is 0.262. The van der Waals surface area contributed by atoms with Crippen molar-refractivity contribution in [3.05, 3.63) is 42.7 Å². The first-order valence-electron chi connectivity index (χ1n) is 6.01. The number of para-hydroxylation sites is 1. The molecule has 0 saturated heterocycles. The Morgan fingerprint density at radius 3 is 2.65 bits per heavy atom. The van der Waals surface area contributed by atoms with Crippen molar-refractivity contribution in [3.8, 4) is 0 Å². The van der Waals surface area contributed by atoms with Crippen LogP contribution in [0.25, 0.3) is 11.2 Å². The zero-order valence-electron chi connectivity index (χ0n) is 10.7. The summed E-state index contributed by atoms with van der Waals surface area (Å²) >= 11 is 0. The molecule has 0 saturated carbocycles. The maximum atomic E-state index is 11.9. The number of hydrogen-bond donors (Lipinski definition) is 2. The molecule has 7 heteroatoms. The number of carbonyl (C=O) groups excluding carboxylic acids is 1. The molecule has 1 aromatic carbocycles. The Morgan fingerprint density at radius 2 is 1.85 bits per heavy atom. The summed E-state index contributed by atoms with van der Waals surface area (Å²) in [6.45, 7) is 0. The quantitative estimate of drug-likeness (QED) is 0.744. The summed E-state index contributed by atoms with van der Waals surface area (Å²) in [6.07, 6.45) is 3.14. The van der Waals surface area contributed by atoms with Crippen molar-refractivity contribution in [1.82, 2.24) is 19.7 Å². The van der Waals surface area contributed by atoms with E-state index >= 15 is 0 Å². The molecule has 0 bridgehead atoms. The van der Waals surface area contributed by atoms with Crippen LogP contribution in [0.5, 0.6) is 0 Å². The minimum Gasteiger partial charge on any atom is -0.308 e. The van der Waals surface area contributed by atoms with E-state index in [0.29, 0.717) is 22.7 Å². The van der Waals surface area contributed by atoms with Gasteiger partial charge >= 0.3 is 6.03 Å². The zero-order chi connectivity index (χ0) is 13.9. The van der Waals surface area contributed by atoms with E-state index in [0.717, 1.165) is 0 Å². The number of aryl methyl sites for hydroxylation is 1. The molecule has 2 N–H and O–H groups in total. The number of urea groups is 1. The molecular weight excluding hydrogens is 256 g/mol. The van der Waals surface area contributed by atoms with E-state index < -0.39 is 0 Å². The molecule has 0 radical (unpaired) electrons. The Morgan fingerprint density at radius 1 is 1.10 bits per heavy atom. The Hall–Kier alpha value is -2.96. The second-order valence-corrected chi connectivity index (χ2v) is 4.15. The molecule has 0 aliphatic rings. The molecule has 3 aromatic rings. The van der Waals surface area contributed by atoms with E-state index in [1.807, 2.05) is 18.2 Å². The summed E-state index contributed by atoms with van der Waals surface area (Å²) < 4.78 is 1.57. The van der Waals surface area contributed by atoms with E-state index in [1.165, 1.54) is 0 Å². The van der Waals surface area contributed by atoms with Crippen molar-refractivity contribution in [2.24, 2.45) is 7.05 Å². The number of rotatable bonds is 2. The van der Waals surface area contributed by atoms with Crippen LogP contribution in [0.15, 0.2) is 42.7 Å². The van der Waals surface area contributed by atoms with Gasteiger partial charge in [0.2, 0.25) is 0 Å². The van der Waals surface area contributed by atoms with Crippen molar-refractivity contribution in [2.45, 2.75) is 0 Å². The van der Waals surface area contributed by atoms with Crippen molar-refractivity contribution in [1.29, 1.82) is 0 Å². The largest absolute Gasteiger partial charge is 0.324 e. The van der Waals surface area contributed by atoms with Gasteiger partial charge in [-0.2, -0.15) is 5.10 Å². The van der Waals surface area contributed by atoms with Gasteiger partial charge in [-0.3, -0.25) is 5.32 Å². The summed E-state index contributed by atoms with van der Waals surface area (Å²) in [5.41, 5.74) is 1.87. The second-order valence-electron chi connectivity index (χ2n) is 4.15. The molecule has 0 aliphatic heterocycles. The van der Waals surface area contributed by atoms with Crippen molar-refractivity contribution >= 4 is 28.7 Å². The molecule has 0 spiro atoms. The van der Waals surface area contributed by atoms with Gasteiger partial charge < -0.3 is 5.32 Å². The van der Waals surface area contributed by atoms with Crippen LogP contribution in [0.1, 0.15) is 0 Å². The summed E-state index contributed by atoms with van der Waals surface area (Å²) in [4.78, 5) is 20.2. The zero-order valence-corrected chi connectivity index (χ0v) is 10.7. The predicted octanol–water partition coefficient (Wildman–Crippen LogP) is 2.01. The third-order valence-corrected chi connectivity index (χ3v) is 2.72. The Kier molecular flexibility index (Phi) is 3.00. The van der Waals surface area contributed by atoms with Gasteiger partial charge in [-0.15, -0.1) is 0 Å². The highest BCUT2D eigenvalue weighted by Gasteiger charge is 2.13. The number of fused-ring (bicyclic) bond motifs is 1. The maximum Gasteiger partial charge on any atom is 0.324 e. The van der Waals surface area contributed by atoms with Crippen LogP contribution in [0.4, 0.5) is 16.3 Å². The van der Waals surface area contributed by atoms with Gasteiger partial charge in [-0.1, -0.05) is 18.2 Å². The van der Waals surface area contributed by atoms with E-state index in [4.69, 9.17) is 0 Å². The molecule has 2 heterocycles. The third-order valence-electron chi connectivity index (χ3n) is 2.72. The van der Waals surface area contributed by atoms with Gasteiger partial charge in [0.05, 0.1) is 0 Å². The molecule has 0 aliphatic carbocycles. The van der Waals surface area contributed by atoms with E-state index in [9.17, 15) is 4.79 Å². The van der Waals surface area contributed by atoms with Gasteiger partial charge in [-0.05, 0) is 12.1 Å². The molecule has 100 valence electrons. The van der Waals surface area contributed by atoms with Crippen molar-refractivity contribution in [3.63, 3.8) is 0 Å². The lowest BCUT2D eigenvalue weighted by Crippen LogP contribution is -2.19. The molecule has 2 amide bonds. The van der Waals surface area contributed by atoms with Crippen LogP contribution >= 0.6 is 0 Å². The van der Waals surface area contributed by atoms with Crippen LogP contribution < -0.4 is 10.6 Å². The van der Waals surface area contributed by atoms with E-state index in [2.05, 4.69) is 25.7 Å². The van der Waals surface area contributed by atoms with Crippen molar-refractivity contribution in [2.75, 3.05) is 10.6 Å². The first-order chi connectivity index (χ1) is 9.74. The van der Waals surface area contributed by atoms with Gasteiger partial charge in [0.25, 0.3) is 0 Å². The van der Waals surface area contributed by atoms with E-state index in [-0.39, 0.29) is 6.03 Å². The Labute approximate surface area is 114 Å². The number of nitrogens with one attached hydrogen (secondary N) is 2. The number of anilines is 2. The smallest absolute Gasteiger partial charge is 0.308 e. The number of nitrogens with zero attached hydrogens (tertiary/aromatic N) is 4. The SMILES string of the molecule is Cn1nc(NC(=O)Nc2ccccc2)c2nccnc21. The topological polar surface area (TPSA) is 84.7 Å². The van der Waals surface area contributed by atoms with Crippen molar-refractivity contribution < 1.29 is 4.79 Å². The average molecular weight is 268 g/mol. The number of amides is 2. The lowest BCUT2D eigenvalue weighted by Gasteiger charge is -2.04. The standard InChI is InChI=1S/C13H12N6O/c1-19-12-10(14-7-8-15-12)11(18-19)17-13(20)16-9-5-3-2-4-6-9/h2-8H,1H3,(H2,16,17,18,20). The fourth-order valence-electron chi connectivity index (χ4n) is 1.85. The van der Waals surface area contributed by atoms with Gasteiger partial charge in [0.15, 0.2) is 17.0 Å². The Balaban J connectivity index is 1.81. The fraction of sp³-hybridized carbons (Fsp3) is 0.0769. The number of benzene rings is 1. The number of hydrogen-bond acceptors (Lipinski definition) is 4. The highest BCUT2D eigenvalue weighted by Crippen LogP contribution is 2.17. The minimum atomic E-state index is -0.373. The molecule has 0 fully saturated rings. The maximum absolute atomic E-state index is 11.9. The average Bonchev–Trinajstić information content (AvgIpc) is 2.77.